The van der Waals surface area contributed by atoms with Crippen LogP contribution in [0.15, 0.2) is 48.5 Å². The Hall–Kier alpha value is -2.49. The fraction of sp³-hybridized carbons (Fsp3) is 0.381. The minimum atomic E-state index is -0.0507. The van der Waals surface area contributed by atoms with E-state index in [0.717, 1.165) is 22.6 Å². The highest BCUT2D eigenvalue weighted by Crippen LogP contribution is 2.19. The van der Waals surface area contributed by atoms with E-state index in [1.807, 2.05) is 69.3 Å². The molecule has 0 saturated carbocycles. The highest BCUT2D eigenvalue weighted by atomic mass is 16.5. The molecule has 25 heavy (non-hydrogen) atoms. The molecule has 1 unspecified atom stereocenters. The quantitative estimate of drug-likeness (QED) is 0.686. The van der Waals surface area contributed by atoms with Crippen LogP contribution in [0.1, 0.15) is 43.9 Å². The number of aryl methyl sites for hydroxylation is 1. The summed E-state index contributed by atoms with van der Waals surface area (Å²) in [5, 5.41) is 3.03. The first kappa shape index (κ1) is 18.8. The first-order valence-corrected chi connectivity index (χ1v) is 8.80. The Bertz CT molecular complexity index is 684. The molecule has 1 atom stereocenters. The van der Waals surface area contributed by atoms with Crippen LogP contribution in [0.3, 0.4) is 0 Å². The average molecular weight is 341 g/mol. The molecule has 2 aromatic carbocycles. The summed E-state index contributed by atoms with van der Waals surface area (Å²) >= 11 is 0. The van der Waals surface area contributed by atoms with E-state index in [0.29, 0.717) is 26.1 Å². The Kier molecular flexibility index (Phi) is 7.33. The van der Waals surface area contributed by atoms with Crippen molar-refractivity contribution in [3.05, 3.63) is 59.7 Å². The second kappa shape index (κ2) is 9.72. The summed E-state index contributed by atoms with van der Waals surface area (Å²) < 4.78 is 11.2. The fourth-order valence-electron chi connectivity index (χ4n) is 2.57. The van der Waals surface area contributed by atoms with E-state index in [2.05, 4.69) is 5.32 Å². The zero-order chi connectivity index (χ0) is 18.1. The first-order valence-electron chi connectivity index (χ1n) is 8.80. The van der Waals surface area contributed by atoms with Gasteiger partial charge >= 0.3 is 0 Å². The Balaban J connectivity index is 1.74. The number of hydrogen-bond donors (Lipinski definition) is 1. The van der Waals surface area contributed by atoms with Crippen LogP contribution < -0.4 is 14.8 Å². The Labute approximate surface area is 150 Å². The third-order valence-electron chi connectivity index (χ3n) is 3.95. The molecule has 0 aromatic heterocycles. The zero-order valence-electron chi connectivity index (χ0n) is 15.2. The maximum absolute atomic E-state index is 12.1. The SMILES string of the molecule is CCOc1cccc(C(C)NC(=O)CCCOc2ccccc2C)c1. The van der Waals surface area contributed by atoms with Crippen molar-refractivity contribution in [1.29, 1.82) is 0 Å². The van der Waals surface area contributed by atoms with Crippen LogP contribution in [-0.2, 0) is 4.79 Å². The predicted octanol–water partition coefficient (Wildman–Crippen LogP) is 4.43. The van der Waals surface area contributed by atoms with Crippen molar-refractivity contribution < 1.29 is 14.3 Å². The molecular formula is C21H27NO3. The average Bonchev–Trinajstić information content (AvgIpc) is 2.60. The molecule has 0 heterocycles. The Morgan fingerprint density at radius 2 is 1.92 bits per heavy atom. The van der Waals surface area contributed by atoms with Gasteiger partial charge in [0.15, 0.2) is 0 Å². The molecule has 1 amide bonds. The number of rotatable bonds is 9. The summed E-state index contributed by atoms with van der Waals surface area (Å²) in [6.45, 7) is 7.11. The van der Waals surface area contributed by atoms with Crippen molar-refractivity contribution in [2.24, 2.45) is 0 Å². The molecule has 0 aliphatic rings. The predicted molar refractivity (Wildman–Crippen MR) is 100 cm³/mol. The Morgan fingerprint density at radius 1 is 1.12 bits per heavy atom. The van der Waals surface area contributed by atoms with Gasteiger partial charge in [-0.25, -0.2) is 0 Å². The van der Waals surface area contributed by atoms with E-state index < -0.39 is 0 Å². The van der Waals surface area contributed by atoms with Gasteiger partial charge in [0.2, 0.25) is 5.91 Å². The maximum Gasteiger partial charge on any atom is 0.220 e. The van der Waals surface area contributed by atoms with Gasteiger partial charge in [-0.1, -0.05) is 30.3 Å². The van der Waals surface area contributed by atoms with Crippen LogP contribution in [0, 0.1) is 6.92 Å². The third kappa shape index (κ3) is 6.14. The van der Waals surface area contributed by atoms with E-state index in [1.54, 1.807) is 0 Å². The lowest BCUT2D eigenvalue weighted by atomic mass is 10.1. The Morgan fingerprint density at radius 3 is 2.68 bits per heavy atom. The van der Waals surface area contributed by atoms with E-state index in [-0.39, 0.29) is 11.9 Å². The number of carbonyl (C=O) groups is 1. The first-order chi connectivity index (χ1) is 12.1. The van der Waals surface area contributed by atoms with E-state index in [4.69, 9.17) is 9.47 Å². The summed E-state index contributed by atoms with van der Waals surface area (Å²) in [7, 11) is 0. The van der Waals surface area contributed by atoms with E-state index in [1.165, 1.54) is 0 Å². The fourth-order valence-corrected chi connectivity index (χ4v) is 2.57. The topological polar surface area (TPSA) is 47.6 Å². The summed E-state index contributed by atoms with van der Waals surface area (Å²) in [6.07, 6.45) is 1.13. The van der Waals surface area contributed by atoms with Crippen LogP contribution in [0.25, 0.3) is 0 Å². The van der Waals surface area contributed by atoms with Crippen LogP contribution in [0.5, 0.6) is 11.5 Å². The van der Waals surface area contributed by atoms with Gasteiger partial charge in [0.25, 0.3) is 0 Å². The molecule has 0 aliphatic heterocycles. The van der Waals surface area contributed by atoms with Crippen molar-refractivity contribution in [3.63, 3.8) is 0 Å². The van der Waals surface area contributed by atoms with Gasteiger partial charge in [0, 0.05) is 6.42 Å². The monoisotopic (exact) mass is 341 g/mol. The van der Waals surface area contributed by atoms with Crippen molar-refractivity contribution in [1.82, 2.24) is 5.32 Å². The minimum absolute atomic E-state index is 0.0303. The molecule has 1 N–H and O–H groups in total. The van der Waals surface area contributed by atoms with Crippen LogP contribution in [0.4, 0.5) is 0 Å². The van der Waals surface area contributed by atoms with Crippen molar-refractivity contribution >= 4 is 5.91 Å². The maximum atomic E-state index is 12.1. The number of hydrogen-bond acceptors (Lipinski definition) is 3. The molecule has 2 rings (SSSR count). The van der Waals surface area contributed by atoms with Crippen molar-refractivity contribution in [2.45, 2.75) is 39.7 Å². The number of amides is 1. The van der Waals surface area contributed by atoms with Crippen LogP contribution in [-0.4, -0.2) is 19.1 Å². The lowest BCUT2D eigenvalue weighted by Gasteiger charge is -2.15. The van der Waals surface area contributed by atoms with Crippen LogP contribution >= 0.6 is 0 Å². The molecule has 0 aliphatic carbocycles. The van der Waals surface area contributed by atoms with Gasteiger partial charge in [-0.15, -0.1) is 0 Å². The second-order valence-electron chi connectivity index (χ2n) is 6.01. The lowest BCUT2D eigenvalue weighted by Crippen LogP contribution is -2.26. The van der Waals surface area contributed by atoms with E-state index >= 15 is 0 Å². The van der Waals surface area contributed by atoms with Crippen molar-refractivity contribution in [3.8, 4) is 11.5 Å². The lowest BCUT2D eigenvalue weighted by molar-refractivity contribution is -0.121. The summed E-state index contributed by atoms with van der Waals surface area (Å²) in [6, 6.07) is 15.7. The van der Waals surface area contributed by atoms with Gasteiger partial charge in [0.1, 0.15) is 11.5 Å². The molecule has 0 spiro atoms. The van der Waals surface area contributed by atoms with E-state index in [9.17, 15) is 4.79 Å². The largest absolute Gasteiger partial charge is 0.494 e. The summed E-state index contributed by atoms with van der Waals surface area (Å²) in [5.74, 6) is 1.74. The summed E-state index contributed by atoms with van der Waals surface area (Å²) in [5.41, 5.74) is 2.14. The van der Waals surface area contributed by atoms with Gasteiger partial charge in [0.05, 0.1) is 19.3 Å². The minimum Gasteiger partial charge on any atom is -0.494 e. The molecule has 4 heteroatoms. The molecule has 0 fully saturated rings. The number of nitrogens with one attached hydrogen (secondary N) is 1. The standard InChI is InChI=1S/C21H27NO3/c1-4-24-19-11-7-10-18(15-19)17(3)22-21(23)13-8-14-25-20-12-6-5-9-16(20)2/h5-7,9-12,15,17H,4,8,13-14H2,1-3H3,(H,22,23). The highest BCUT2D eigenvalue weighted by Gasteiger charge is 2.10. The third-order valence-corrected chi connectivity index (χ3v) is 3.95. The molecule has 0 bridgehead atoms. The molecule has 134 valence electrons. The second-order valence-corrected chi connectivity index (χ2v) is 6.01. The smallest absolute Gasteiger partial charge is 0.220 e. The van der Waals surface area contributed by atoms with Gasteiger partial charge in [-0.05, 0) is 56.5 Å². The number of para-hydroxylation sites is 1. The van der Waals surface area contributed by atoms with Crippen molar-refractivity contribution in [2.75, 3.05) is 13.2 Å². The number of benzene rings is 2. The molecule has 0 radical (unpaired) electrons. The van der Waals surface area contributed by atoms with Crippen LogP contribution in [0.2, 0.25) is 0 Å². The molecule has 0 saturated heterocycles. The highest BCUT2D eigenvalue weighted by molar-refractivity contribution is 5.76. The number of carbonyl (C=O) groups excluding carboxylic acids is 1. The summed E-state index contributed by atoms with van der Waals surface area (Å²) in [4.78, 5) is 12.1. The molecule has 4 nitrogen and oxygen atoms in total. The van der Waals surface area contributed by atoms with Gasteiger partial charge in [-0.3, -0.25) is 4.79 Å². The normalized spacial score (nSPS) is 11.6. The molecular weight excluding hydrogens is 314 g/mol. The number of ether oxygens (including phenoxy) is 2. The zero-order valence-corrected chi connectivity index (χ0v) is 15.2. The van der Waals surface area contributed by atoms with Gasteiger partial charge < -0.3 is 14.8 Å². The molecule has 2 aromatic rings. The van der Waals surface area contributed by atoms with Gasteiger partial charge in [-0.2, -0.15) is 0 Å².